The van der Waals surface area contributed by atoms with E-state index in [4.69, 9.17) is 11.5 Å². The van der Waals surface area contributed by atoms with Gasteiger partial charge in [-0.2, -0.15) is 0 Å². The minimum absolute atomic E-state index is 0. The zero-order valence-corrected chi connectivity index (χ0v) is 10.2. The molecule has 0 radical (unpaired) electrons. The van der Waals surface area contributed by atoms with E-state index in [0.29, 0.717) is 0 Å². The number of benzene rings is 2. The minimum atomic E-state index is 0. The third kappa shape index (κ3) is 3.05. The number of hydrogen-bond donors (Lipinski definition) is 2. The van der Waals surface area contributed by atoms with E-state index < -0.39 is 0 Å². The Bertz CT molecular complexity index is 444. The van der Waals surface area contributed by atoms with Crippen molar-refractivity contribution in [2.24, 2.45) is 0 Å². The number of anilines is 2. The standard InChI is InChI=1S/C12H12N2.2ClH/c13-10-6-7-12(14)11(8-10)9-4-2-1-3-5-9;;/h1-8H,13-14H2;2*1H. The van der Waals surface area contributed by atoms with Crippen LogP contribution in [0.3, 0.4) is 0 Å². The molecule has 0 spiro atoms. The SMILES string of the molecule is Cl.Cl.Nc1ccc(N)c(-c2ccccc2)c1. The highest BCUT2D eigenvalue weighted by atomic mass is 35.5. The normalized spacial score (nSPS) is 8.75. The van der Waals surface area contributed by atoms with Crippen LogP contribution in [0.25, 0.3) is 11.1 Å². The van der Waals surface area contributed by atoms with Gasteiger partial charge in [0.1, 0.15) is 0 Å². The van der Waals surface area contributed by atoms with Crippen LogP contribution in [-0.2, 0) is 0 Å². The average molecular weight is 257 g/mol. The molecule has 0 saturated heterocycles. The third-order valence-corrected chi connectivity index (χ3v) is 2.16. The Balaban J connectivity index is 0.00000112. The van der Waals surface area contributed by atoms with Gasteiger partial charge in [0.2, 0.25) is 0 Å². The summed E-state index contributed by atoms with van der Waals surface area (Å²) in [5.41, 5.74) is 15.2. The molecule has 2 rings (SSSR count). The predicted molar refractivity (Wildman–Crippen MR) is 75.2 cm³/mol. The van der Waals surface area contributed by atoms with Crippen LogP contribution in [0, 0.1) is 0 Å². The first-order valence-corrected chi connectivity index (χ1v) is 4.48. The summed E-state index contributed by atoms with van der Waals surface area (Å²) in [7, 11) is 0. The summed E-state index contributed by atoms with van der Waals surface area (Å²) in [5, 5.41) is 0. The Labute approximate surface area is 107 Å². The van der Waals surface area contributed by atoms with E-state index in [0.717, 1.165) is 22.5 Å². The fourth-order valence-corrected chi connectivity index (χ4v) is 1.44. The molecule has 16 heavy (non-hydrogen) atoms. The first kappa shape index (κ1) is 14.6. The van der Waals surface area contributed by atoms with E-state index in [-0.39, 0.29) is 24.8 Å². The maximum Gasteiger partial charge on any atom is 0.0395 e. The summed E-state index contributed by atoms with van der Waals surface area (Å²) >= 11 is 0. The van der Waals surface area contributed by atoms with Gasteiger partial charge in [0.05, 0.1) is 0 Å². The molecule has 2 aromatic rings. The highest BCUT2D eigenvalue weighted by Crippen LogP contribution is 2.27. The van der Waals surface area contributed by atoms with Crippen LogP contribution in [0.1, 0.15) is 0 Å². The van der Waals surface area contributed by atoms with Crippen LogP contribution in [0.4, 0.5) is 11.4 Å². The maximum atomic E-state index is 5.87. The van der Waals surface area contributed by atoms with Gasteiger partial charge in [-0.25, -0.2) is 0 Å². The van der Waals surface area contributed by atoms with Gasteiger partial charge in [-0.3, -0.25) is 0 Å². The highest BCUT2D eigenvalue weighted by molar-refractivity contribution is 5.85. The minimum Gasteiger partial charge on any atom is -0.399 e. The van der Waals surface area contributed by atoms with Gasteiger partial charge in [-0.1, -0.05) is 30.3 Å². The molecule has 0 aromatic heterocycles. The van der Waals surface area contributed by atoms with Crippen molar-refractivity contribution in [2.45, 2.75) is 0 Å². The van der Waals surface area contributed by atoms with Crippen molar-refractivity contribution in [1.29, 1.82) is 0 Å². The van der Waals surface area contributed by atoms with E-state index in [1.54, 1.807) is 0 Å². The van der Waals surface area contributed by atoms with Crippen LogP contribution >= 0.6 is 24.8 Å². The largest absolute Gasteiger partial charge is 0.399 e. The van der Waals surface area contributed by atoms with Gasteiger partial charge >= 0.3 is 0 Å². The number of nitrogens with two attached hydrogens (primary N) is 2. The summed E-state index contributed by atoms with van der Waals surface area (Å²) in [6, 6.07) is 15.5. The fraction of sp³-hybridized carbons (Fsp3) is 0. The molecule has 0 aliphatic carbocycles. The van der Waals surface area contributed by atoms with Crippen LogP contribution < -0.4 is 11.5 Å². The second-order valence-electron chi connectivity index (χ2n) is 3.21. The Kier molecular flexibility index (Phi) is 5.72. The summed E-state index contributed by atoms with van der Waals surface area (Å²) in [6.07, 6.45) is 0. The third-order valence-electron chi connectivity index (χ3n) is 2.16. The number of rotatable bonds is 1. The van der Waals surface area contributed by atoms with Crippen molar-refractivity contribution in [3.63, 3.8) is 0 Å². The van der Waals surface area contributed by atoms with Crippen LogP contribution in [0.2, 0.25) is 0 Å². The monoisotopic (exact) mass is 256 g/mol. The smallest absolute Gasteiger partial charge is 0.0395 e. The van der Waals surface area contributed by atoms with Crippen LogP contribution in [-0.4, -0.2) is 0 Å². The predicted octanol–water partition coefficient (Wildman–Crippen LogP) is 3.36. The zero-order valence-electron chi connectivity index (χ0n) is 8.59. The van der Waals surface area contributed by atoms with E-state index in [1.807, 2.05) is 48.5 Å². The molecule has 2 aromatic carbocycles. The molecule has 0 aliphatic rings. The first-order valence-electron chi connectivity index (χ1n) is 4.48. The van der Waals surface area contributed by atoms with Crippen molar-refractivity contribution in [3.05, 3.63) is 48.5 Å². The number of halogens is 2. The lowest BCUT2D eigenvalue weighted by atomic mass is 10.0. The fourth-order valence-electron chi connectivity index (χ4n) is 1.44. The molecule has 86 valence electrons. The van der Waals surface area contributed by atoms with E-state index >= 15 is 0 Å². The molecule has 0 atom stereocenters. The van der Waals surface area contributed by atoms with Gasteiger partial charge in [-0.15, -0.1) is 24.8 Å². The Morgan fingerprint density at radius 2 is 1.38 bits per heavy atom. The Morgan fingerprint density at radius 3 is 2.00 bits per heavy atom. The quantitative estimate of drug-likeness (QED) is 0.769. The van der Waals surface area contributed by atoms with Gasteiger partial charge in [0.15, 0.2) is 0 Å². The molecule has 0 fully saturated rings. The number of nitrogen functional groups attached to an aromatic ring is 2. The lowest BCUT2D eigenvalue weighted by molar-refractivity contribution is 1.60. The molecular formula is C12H14Cl2N2. The molecule has 4 N–H and O–H groups in total. The maximum absolute atomic E-state index is 5.87. The van der Waals surface area contributed by atoms with Gasteiger partial charge in [0.25, 0.3) is 0 Å². The lowest BCUT2D eigenvalue weighted by Crippen LogP contribution is -1.92. The highest BCUT2D eigenvalue weighted by Gasteiger charge is 2.01. The summed E-state index contributed by atoms with van der Waals surface area (Å²) in [6.45, 7) is 0. The lowest BCUT2D eigenvalue weighted by Gasteiger charge is -2.06. The molecule has 4 heteroatoms. The topological polar surface area (TPSA) is 52.0 Å². The zero-order chi connectivity index (χ0) is 9.97. The number of hydrogen-bond acceptors (Lipinski definition) is 2. The molecule has 0 aliphatic heterocycles. The molecule has 2 nitrogen and oxygen atoms in total. The molecule has 0 bridgehead atoms. The molecule has 0 heterocycles. The molecule has 0 amide bonds. The van der Waals surface area contributed by atoms with Gasteiger partial charge in [-0.05, 0) is 23.8 Å². The van der Waals surface area contributed by atoms with Crippen LogP contribution in [0.15, 0.2) is 48.5 Å². The van der Waals surface area contributed by atoms with Crippen molar-refractivity contribution in [1.82, 2.24) is 0 Å². The van der Waals surface area contributed by atoms with Crippen LogP contribution in [0.5, 0.6) is 0 Å². The second-order valence-corrected chi connectivity index (χ2v) is 3.21. The average Bonchev–Trinajstić information content (AvgIpc) is 2.23. The molecular weight excluding hydrogens is 243 g/mol. The molecule has 0 unspecified atom stereocenters. The van der Waals surface area contributed by atoms with Crippen molar-refractivity contribution < 1.29 is 0 Å². The van der Waals surface area contributed by atoms with Gasteiger partial charge < -0.3 is 11.5 Å². The first-order chi connectivity index (χ1) is 6.77. The van der Waals surface area contributed by atoms with E-state index in [9.17, 15) is 0 Å². The molecule has 0 saturated carbocycles. The Morgan fingerprint density at radius 1 is 0.750 bits per heavy atom. The Hall–Kier alpha value is -1.38. The van der Waals surface area contributed by atoms with E-state index in [1.165, 1.54) is 0 Å². The second kappa shape index (κ2) is 6.26. The van der Waals surface area contributed by atoms with Crippen molar-refractivity contribution in [2.75, 3.05) is 11.5 Å². The summed E-state index contributed by atoms with van der Waals surface area (Å²) in [4.78, 5) is 0. The van der Waals surface area contributed by atoms with Crippen molar-refractivity contribution >= 4 is 36.2 Å². The van der Waals surface area contributed by atoms with Crippen molar-refractivity contribution in [3.8, 4) is 11.1 Å². The summed E-state index contributed by atoms with van der Waals surface area (Å²) in [5.74, 6) is 0. The van der Waals surface area contributed by atoms with E-state index in [2.05, 4.69) is 0 Å². The van der Waals surface area contributed by atoms with Gasteiger partial charge in [0, 0.05) is 16.9 Å². The summed E-state index contributed by atoms with van der Waals surface area (Å²) < 4.78 is 0.